The SMILES string of the molecule is Cc1nc(C(N)c2ccccc2C2CC2)no1. The smallest absolute Gasteiger partial charge is 0.223 e. The van der Waals surface area contributed by atoms with Crippen molar-refractivity contribution in [1.82, 2.24) is 10.1 Å². The Morgan fingerprint density at radius 1 is 1.35 bits per heavy atom. The predicted octanol–water partition coefficient (Wildman–Crippen LogP) is 2.30. The quantitative estimate of drug-likeness (QED) is 0.877. The number of rotatable bonds is 3. The lowest BCUT2D eigenvalue weighted by Gasteiger charge is -2.12. The first-order valence-electron chi connectivity index (χ1n) is 5.90. The Morgan fingerprint density at radius 3 is 2.76 bits per heavy atom. The minimum atomic E-state index is -0.288. The van der Waals surface area contributed by atoms with Gasteiger partial charge in [-0.05, 0) is 29.9 Å². The van der Waals surface area contributed by atoms with E-state index >= 15 is 0 Å². The maximum absolute atomic E-state index is 6.21. The maximum atomic E-state index is 6.21. The minimum Gasteiger partial charge on any atom is -0.340 e. The van der Waals surface area contributed by atoms with E-state index < -0.39 is 0 Å². The molecular formula is C13H15N3O. The van der Waals surface area contributed by atoms with Gasteiger partial charge in [0.2, 0.25) is 5.89 Å². The first kappa shape index (κ1) is 10.5. The summed E-state index contributed by atoms with van der Waals surface area (Å²) in [5, 5.41) is 3.90. The average molecular weight is 229 g/mol. The fourth-order valence-corrected chi connectivity index (χ4v) is 2.14. The molecule has 4 nitrogen and oxygen atoms in total. The van der Waals surface area contributed by atoms with Gasteiger partial charge in [-0.3, -0.25) is 0 Å². The first-order valence-corrected chi connectivity index (χ1v) is 5.90. The van der Waals surface area contributed by atoms with Crippen LogP contribution < -0.4 is 5.73 Å². The van der Waals surface area contributed by atoms with Crippen molar-refractivity contribution in [2.24, 2.45) is 5.73 Å². The summed E-state index contributed by atoms with van der Waals surface area (Å²) in [5.41, 5.74) is 8.67. The molecule has 4 heteroatoms. The van der Waals surface area contributed by atoms with Crippen molar-refractivity contribution in [3.63, 3.8) is 0 Å². The maximum Gasteiger partial charge on any atom is 0.223 e. The number of benzene rings is 1. The van der Waals surface area contributed by atoms with E-state index in [2.05, 4.69) is 28.3 Å². The standard InChI is InChI=1S/C13H15N3O/c1-8-15-13(16-17-8)12(14)11-5-3-2-4-10(11)9-6-7-9/h2-5,9,12H,6-7,14H2,1H3. The molecule has 1 fully saturated rings. The van der Waals surface area contributed by atoms with Gasteiger partial charge < -0.3 is 10.3 Å². The zero-order valence-electron chi connectivity index (χ0n) is 9.76. The molecule has 2 aromatic rings. The molecule has 0 aliphatic heterocycles. The van der Waals surface area contributed by atoms with E-state index in [9.17, 15) is 0 Å². The Morgan fingerprint density at radius 2 is 2.12 bits per heavy atom. The predicted molar refractivity (Wildman–Crippen MR) is 63.5 cm³/mol. The molecule has 1 aromatic carbocycles. The minimum absolute atomic E-state index is 0.288. The van der Waals surface area contributed by atoms with Crippen molar-refractivity contribution in [3.8, 4) is 0 Å². The lowest BCUT2D eigenvalue weighted by Crippen LogP contribution is -2.15. The average Bonchev–Trinajstić information content (AvgIpc) is 3.11. The molecule has 0 amide bonds. The van der Waals surface area contributed by atoms with Gasteiger partial charge in [0.05, 0.1) is 6.04 Å². The van der Waals surface area contributed by atoms with Crippen LogP contribution in [0.3, 0.4) is 0 Å². The summed E-state index contributed by atoms with van der Waals surface area (Å²) in [6, 6.07) is 7.99. The number of nitrogens with zero attached hydrogens (tertiary/aromatic N) is 2. The van der Waals surface area contributed by atoms with Gasteiger partial charge in [-0.15, -0.1) is 0 Å². The highest BCUT2D eigenvalue weighted by Crippen LogP contribution is 2.43. The van der Waals surface area contributed by atoms with Gasteiger partial charge in [-0.2, -0.15) is 4.98 Å². The molecule has 1 aliphatic carbocycles. The summed E-state index contributed by atoms with van der Waals surface area (Å²) in [4.78, 5) is 4.21. The summed E-state index contributed by atoms with van der Waals surface area (Å²) in [6.07, 6.45) is 2.52. The van der Waals surface area contributed by atoms with Crippen LogP contribution >= 0.6 is 0 Å². The highest BCUT2D eigenvalue weighted by molar-refractivity contribution is 5.37. The van der Waals surface area contributed by atoms with Crippen molar-refractivity contribution in [2.75, 3.05) is 0 Å². The zero-order valence-corrected chi connectivity index (χ0v) is 9.76. The molecule has 0 radical (unpaired) electrons. The topological polar surface area (TPSA) is 64.9 Å². The number of hydrogen-bond acceptors (Lipinski definition) is 4. The third-order valence-electron chi connectivity index (χ3n) is 3.17. The molecule has 2 N–H and O–H groups in total. The van der Waals surface area contributed by atoms with E-state index in [0.29, 0.717) is 17.6 Å². The zero-order chi connectivity index (χ0) is 11.8. The van der Waals surface area contributed by atoms with Crippen LogP contribution in [0.1, 0.15) is 47.6 Å². The first-order chi connectivity index (χ1) is 8.25. The molecule has 1 aromatic heterocycles. The lowest BCUT2D eigenvalue weighted by atomic mass is 9.97. The number of aromatic nitrogens is 2. The van der Waals surface area contributed by atoms with E-state index in [-0.39, 0.29) is 6.04 Å². The van der Waals surface area contributed by atoms with Crippen LogP contribution in [0.25, 0.3) is 0 Å². The van der Waals surface area contributed by atoms with Crippen molar-refractivity contribution < 1.29 is 4.52 Å². The summed E-state index contributed by atoms with van der Waals surface area (Å²) >= 11 is 0. The van der Waals surface area contributed by atoms with Crippen LogP contribution in [0.5, 0.6) is 0 Å². The fourth-order valence-electron chi connectivity index (χ4n) is 2.14. The molecule has 1 heterocycles. The van der Waals surface area contributed by atoms with Crippen LogP contribution in [0.2, 0.25) is 0 Å². The normalized spacial score (nSPS) is 17.1. The van der Waals surface area contributed by atoms with Crippen molar-refractivity contribution in [2.45, 2.75) is 31.7 Å². The molecule has 0 bridgehead atoms. The van der Waals surface area contributed by atoms with E-state index in [1.807, 2.05) is 6.07 Å². The molecule has 1 unspecified atom stereocenters. The monoisotopic (exact) mass is 229 g/mol. The molecule has 3 rings (SSSR count). The third kappa shape index (κ3) is 1.96. The van der Waals surface area contributed by atoms with Crippen molar-refractivity contribution >= 4 is 0 Å². The van der Waals surface area contributed by atoms with Crippen LogP contribution in [-0.4, -0.2) is 10.1 Å². The molecular weight excluding hydrogens is 214 g/mol. The highest BCUT2D eigenvalue weighted by atomic mass is 16.5. The molecule has 0 saturated heterocycles. The summed E-state index contributed by atoms with van der Waals surface area (Å²) in [6.45, 7) is 1.77. The second-order valence-corrected chi connectivity index (χ2v) is 4.55. The van der Waals surface area contributed by atoms with Gasteiger partial charge in [0.1, 0.15) is 0 Å². The van der Waals surface area contributed by atoms with E-state index in [4.69, 9.17) is 10.3 Å². The van der Waals surface area contributed by atoms with Gasteiger partial charge in [0, 0.05) is 6.92 Å². The second kappa shape index (κ2) is 3.96. The van der Waals surface area contributed by atoms with Gasteiger partial charge >= 0.3 is 0 Å². The van der Waals surface area contributed by atoms with Gasteiger partial charge in [0.15, 0.2) is 5.82 Å². The Labute approximate surface area is 99.8 Å². The van der Waals surface area contributed by atoms with Gasteiger partial charge in [-0.25, -0.2) is 0 Å². The van der Waals surface area contributed by atoms with Crippen molar-refractivity contribution in [1.29, 1.82) is 0 Å². The molecule has 17 heavy (non-hydrogen) atoms. The molecule has 0 spiro atoms. The Kier molecular flexibility index (Phi) is 2.44. The molecule has 1 saturated carbocycles. The number of hydrogen-bond donors (Lipinski definition) is 1. The van der Waals surface area contributed by atoms with Crippen LogP contribution in [-0.2, 0) is 0 Å². The Bertz CT molecular complexity index is 531. The summed E-state index contributed by atoms with van der Waals surface area (Å²) in [5.74, 6) is 1.79. The molecule has 1 atom stereocenters. The number of nitrogens with two attached hydrogens (primary N) is 1. The van der Waals surface area contributed by atoms with Gasteiger partial charge in [-0.1, -0.05) is 29.4 Å². The summed E-state index contributed by atoms with van der Waals surface area (Å²) < 4.78 is 4.98. The van der Waals surface area contributed by atoms with Crippen LogP contribution in [0.4, 0.5) is 0 Å². The van der Waals surface area contributed by atoms with E-state index in [1.54, 1.807) is 6.92 Å². The fraction of sp³-hybridized carbons (Fsp3) is 0.385. The van der Waals surface area contributed by atoms with Crippen molar-refractivity contribution in [3.05, 3.63) is 47.1 Å². The Balaban J connectivity index is 1.98. The highest BCUT2D eigenvalue weighted by Gasteiger charge is 2.28. The second-order valence-electron chi connectivity index (χ2n) is 4.55. The van der Waals surface area contributed by atoms with Crippen LogP contribution in [0.15, 0.2) is 28.8 Å². The third-order valence-corrected chi connectivity index (χ3v) is 3.17. The van der Waals surface area contributed by atoms with Gasteiger partial charge in [0.25, 0.3) is 0 Å². The van der Waals surface area contributed by atoms with Crippen LogP contribution in [0, 0.1) is 6.92 Å². The van der Waals surface area contributed by atoms with E-state index in [1.165, 1.54) is 18.4 Å². The molecule has 88 valence electrons. The molecule has 1 aliphatic rings. The lowest BCUT2D eigenvalue weighted by molar-refractivity contribution is 0.385. The Hall–Kier alpha value is -1.68. The number of aryl methyl sites for hydroxylation is 1. The van der Waals surface area contributed by atoms with E-state index in [0.717, 1.165) is 5.56 Å². The largest absolute Gasteiger partial charge is 0.340 e. The summed E-state index contributed by atoms with van der Waals surface area (Å²) in [7, 11) is 0.